The van der Waals surface area contributed by atoms with E-state index in [4.69, 9.17) is 64.7 Å². The van der Waals surface area contributed by atoms with Crippen LogP contribution in [0, 0.1) is 0 Å². The van der Waals surface area contributed by atoms with Gasteiger partial charge < -0.3 is 107 Å². The number of hydrogen-bond donors (Lipinski definition) is 10. The average molecular weight is 1430 g/mol. The second kappa shape index (κ2) is 35.5. The van der Waals surface area contributed by atoms with Gasteiger partial charge in [0, 0.05) is 0 Å². The second-order valence-electron chi connectivity index (χ2n) is 17.5. The smallest absolute Gasteiger partial charge is 0.397 e. The van der Waals surface area contributed by atoms with Crippen LogP contribution in [-0.2, 0) is 170 Å². The van der Waals surface area contributed by atoms with Gasteiger partial charge in [0.2, 0.25) is 10.4 Å². The van der Waals surface area contributed by atoms with Crippen LogP contribution in [0.25, 0.3) is 0 Å². The molecule has 0 aromatic rings. The molecular weight excluding hydrogens is 1370 g/mol. The van der Waals surface area contributed by atoms with Gasteiger partial charge in [-0.3, -0.25) is 23.9 Å². The maximum absolute atomic E-state index is 12.3. The first-order valence-corrected chi connectivity index (χ1v) is 30.5. The maximum Gasteiger partial charge on any atom is 0.397 e. The fourth-order valence-corrected chi connectivity index (χ4v) is 11.2. The quantitative estimate of drug-likeness (QED) is 0.0158. The van der Waals surface area contributed by atoms with Crippen molar-refractivity contribution in [3.63, 3.8) is 0 Å². The van der Waals surface area contributed by atoms with E-state index in [0.717, 1.165) is 20.8 Å². The van der Waals surface area contributed by atoms with Gasteiger partial charge in [0.05, 0.1) is 37.6 Å². The molecule has 5 rings (SSSR count). The van der Waals surface area contributed by atoms with Crippen LogP contribution in [0.1, 0.15) is 20.8 Å². The monoisotopic (exact) mass is 1420 g/mol. The summed E-state index contributed by atoms with van der Waals surface area (Å²) in [6.07, 6.45) is -48.5. The Bertz CT molecular complexity index is 2620. The van der Waals surface area contributed by atoms with Crippen LogP contribution in [0.15, 0.2) is 0 Å². The molecule has 0 amide bonds. The topological polar surface area (TPSA) is 718 Å². The molecule has 47 nitrogen and oxygen atoms in total. The Kier molecular flexibility index (Phi) is 33.2. The number of rotatable bonds is 27. The molecule has 5 fully saturated rings. The Morgan fingerprint density at radius 1 is 0.407 bits per heavy atom. The summed E-state index contributed by atoms with van der Waals surface area (Å²) < 4.78 is 259. The van der Waals surface area contributed by atoms with E-state index in [1.54, 1.807) is 0 Å². The summed E-state index contributed by atoms with van der Waals surface area (Å²) in [6.45, 7) is -0.749. The van der Waals surface area contributed by atoms with E-state index in [-0.39, 0.29) is 0 Å². The van der Waals surface area contributed by atoms with Crippen LogP contribution < -0.4 is 29.9 Å². The third-order valence-corrected chi connectivity index (χ3v) is 14.7. The number of ether oxygens (including phenoxy) is 9. The van der Waals surface area contributed by atoms with Crippen molar-refractivity contribution in [2.75, 3.05) is 19.8 Å². The van der Waals surface area contributed by atoms with Crippen molar-refractivity contribution in [1.29, 1.82) is 0 Å². The van der Waals surface area contributed by atoms with E-state index in [0.29, 0.717) is 0 Å². The Morgan fingerprint density at radius 2 is 0.837 bits per heavy atom. The van der Waals surface area contributed by atoms with Gasteiger partial charge in [-0.25, -0.2) is 66.7 Å². The Balaban J connectivity index is 0.00000407. The number of hydrogen-bond acceptors (Lipinski definition) is 46. The highest BCUT2D eigenvalue weighted by Crippen LogP contribution is 2.37. The summed E-state index contributed by atoms with van der Waals surface area (Å²) in [5, 5.41) is 111. The van der Waals surface area contributed by atoms with E-state index in [1.165, 1.54) is 14.2 Å². The van der Waals surface area contributed by atoms with Gasteiger partial charge >= 0.3 is 10.4 Å². The number of aliphatic hydroxyl groups excluding tert-OH is 6. The van der Waals surface area contributed by atoms with Crippen LogP contribution in [0.4, 0.5) is 0 Å². The zero-order valence-corrected chi connectivity index (χ0v) is 49.1. The zero-order valence-electron chi connectivity index (χ0n) is 42.6. The summed E-state index contributed by atoms with van der Waals surface area (Å²) in [4.78, 5) is 13.7. The minimum Gasteiger partial charge on any atom is -0.735 e. The van der Waals surface area contributed by atoms with Crippen molar-refractivity contribution in [3.05, 3.63) is 0 Å². The van der Waals surface area contributed by atoms with Crippen LogP contribution in [0.5, 0.6) is 0 Å². The summed E-state index contributed by atoms with van der Waals surface area (Å²) in [7, 11) is -27.7. The van der Waals surface area contributed by atoms with Crippen LogP contribution >= 0.6 is 0 Å². The lowest BCUT2D eigenvalue weighted by atomic mass is 9.93. The van der Waals surface area contributed by atoms with Gasteiger partial charge in [0.15, 0.2) is 99.8 Å². The molecule has 508 valence electrons. The Hall–Kier alpha value is -1.55. The molecule has 0 aliphatic carbocycles. The van der Waals surface area contributed by atoms with Gasteiger partial charge in [-0.05, 0) is 20.8 Å². The standard InChI is InChI=1S/C31H57N3O41S5.3OS/c1-7-13(32-76(44,45)46)18(37)24(12(62-7)6-61-80(56,57)58)69-31-27(72-75-43)21(40)23(9(3)64-31)68-29-15(34-78(50,51)52)26(71-74-42)25(11(66-29)4-59-73-41)70-30-20(39)19(38)22(8(2)63-30)67-28-14(33-77(47,48)49)17(36)16(35)10(65-28)5-60-79(53,54)55;3*1-2/h7-43H,4-6H2,1-3H3,(H,44,45,46)(H,47,48,49)(H,50,51,52)(H,53,54,55)(H,56,57,58);;;/p-7/t7-,8?,9?,10?,11?,12?,13?,14?,15?,16-,17-,18-,19-,20?,21-,22-,23-,24-,25-,26-,27?,28-,29+,30+,31+;;;/m1.../s1. The molecule has 5 aliphatic rings. The lowest BCUT2D eigenvalue weighted by molar-refractivity contribution is -0.809. The molecule has 0 aromatic carbocycles. The third-order valence-electron chi connectivity index (χ3n) is 12.2. The van der Waals surface area contributed by atoms with E-state index < -0.39 is 225 Å². The normalized spacial score (nSPS) is 39.1. The Labute approximate surface area is 499 Å². The van der Waals surface area contributed by atoms with Crippen LogP contribution in [0.2, 0.25) is 0 Å². The molecule has 10 N–H and O–H groups in total. The van der Waals surface area contributed by atoms with Crippen molar-refractivity contribution < 1.29 is 205 Å². The van der Waals surface area contributed by atoms with Crippen molar-refractivity contribution in [2.24, 2.45) is 0 Å². The van der Waals surface area contributed by atoms with Crippen molar-refractivity contribution in [2.45, 2.75) is 174 Å². The van der Waals surface area contributed by atoms with Gasteiger partial charge in [-0.15, -0.1) is 0 Å². The van der Waals surface area contributed by atoms with E-state index in [2.05, 4.69) is 70.9 Å². The highest BCUT2D eigenvalue weighted by molar-refractivity contribution is 7.84. The largest absolute Gasteiger partial charge is 0.735 e. The van der Waals surface area contributed by atoms with Crippen molar-refractivity contribution in [1.82, 2.24) is 14.2 Å². The fourth-order valence-electron chi connectivity index (χ4n) is 8.79. The van der Waals surface area contributed by atoms with Gasteiger partial charge in [-0.1, -0.05) is 0 Å². The highest BCUT2D eigenvalue weighted by Gasteiger charge is 2.58. The summed E-state index contributed by atoms with van der Waals surface area (Å²) in [5.74, 6) is 0. The highest BCUT2D eigenvalue weighted by atomic mass is 32.3. The van der Waals surface area contributed by atoms with E-state index in [9.17, 15) is 107 Å². The molecule has 10 unspecified atom stereocenters. The zero-order chi connectivity index (χ0) is 66.2. The molecule has 0 aromatic heterocycles. The number of nitrogens with one attached hydrogen (secondary N) is 3. The summed E-state index contributed by atoms with van der Waals surface area (Å²) in [6, 6.07) is -6.77. The summed E-state index contributed by atoms with van der Waals surface area (Å²) in [5.41, 5.74) is 0. The lowest BCUT2D eigenvalue weighted by Crippen LogP contribution is -2.70. The first kappa shape index (κ1) is 80.5. The van der Waals surface area contributed by atoms with Gasteiger partial charge in [0.25, 0.3) is 0 Å². The average Bonchev–Trinajstić information content (AvgIpc) is 1.06. The van der Waals surface area contributed by atoms with Gasteiger partial charge in [0.1, 0.15) is 104 Å². The second-order valence-corrected chi connectivity index (χ2v) is 23.1. The van der Waals surface area contributed by atoms with Crippen molar-refractivity contribution >= 4 is 89.3 Å². The molecule has 5 saturated heterocycles. The van der Waals surface area contributed by atoms with Crippen LogP contribution in [-0.4, -0.2) is 281 Å². The number of aliphatic hydroxyl groups is 6. The molecule has 0 spiro atoms. The Morgan fingerprint density at radius 3 is 1.34 bits per heavy atom. The predicted octanol–water partition coefficient (Wildman–Crippen LogP) is -15.6. The molecule has 55 heteroatoms. The first-order chi connectivity index (χ1) is 39.9. The molecule has 86 heavy (non-hydrogen) atoms. The fraction of sp³-hybridized carbons (Fsp3) is 1.00. The third kappa shape index (κ3) is 23.8. The molecule has 0 bridgehead atoms. The molecule has 25 atom stereocenters. The summed E-state index contributed by atoms with van der Waals surface area (Å²) >= 11 is 8.50. The van der Waals surface area contributed by atoms with Crippen molar-refractivity contribution in [3.8, 4) is 0 Å². The van der Waals surface area contributed by atoms with Crippen LogP contribution in [0.3, 0.4) is 0 Å². The minimum absolute atomic E-state index is 1.01. The van der Waals surface area contributed by atoms with Gasteiger partial charge in [-0.2, -0.15) is 21.0 Å². The van der Waals surface area contributed by atoms with E-state index in [1.807, 2.05) is 0 Å². The predicted molar refractivity (Wildman–Crippen MR) is 242 cm³/mol. The van der Waals surface area contributed by atoms with E-state index >= 15 is 0 Å². The molecule has 0 saturated carbocycles. The molecule has 5 heterocycles. The molecular formula is C31H50N3O44S8-7. The lowest BCUT2D eigenvalue weighted by Gasteiger charge is -2.51. The SMILES string of the molecule is CC1O[C@@H](O[C@@H]2C(COO[O-])O[C@@H](O[C@@H]3C(C)O[C@@H](O[C@@H]4C(COS(=O)(=O)[O-])O[C@H](C)C(NS(=O)(=O)[O-])[C@H]4O)C(OO[O-])[C@@H]3O)C(NS(=O)(=O)[O-])[C@H]2OO[O-])C(O)[C@@H](O)[C@@H]1O[C@H]1OC(COS(=O)(=O)O)[C@@H](O)[C@H](O)C1NS(=O)(=O)[O-].O=S.O=S.O=S. The first-order valence-electron chi connectivity index (χ1n) is 22.6. The molecule has 0 radical (unpaired) electrons. The maximum atomic E-state index is 12.3. The molecule has 5 aliphatic heterocycles. The minimum atomic E-state index is -5.86.